The molecule has 0 bridgehead atoms. The maximum Gasteiger partial charge on any atom is 0.230 e. The summed E-state index contributed by atoms with van der Waals surface area (Å²) >= 11 is 1.65. The van der Waals surface area contributed by atoms with Crippen molar-refractivity contribution in [2.75, 3.05) is 5.75 Å². The number of hydrogen-bond donors (Lipinski definition) is 1. The van der Waals surface area contributed by atoms with Gasteiger partial charge in [-0.2, -0.15) is 0 Å². The van der Waals surface area contributed by atoms with Gasteiger partial charge in [-0.25, -0.2) is 0 Å². The van der Waals surface area contributed by atoms with Gasteiger partial charge in [-0.05, 0) is 26.3 Å². The Kier molecular flexibility index (Phi) is 5.39. The van der Waals surface area contributed by atoms with Gasteiger partial charge in [-0.3, -0.25) is 4.79 Å². The molecule has 1 aromatic carbocycles. The summed E-state index contributed by atoms with van der Waals surface area (Å²) in [5.74, 6) is 1.55. The number of nitrogens with one attached hydrogen (secondary N) is 1. The van der Waals surface area contributed by atoms with Crippen LogP contribution in [-0.4, -0.2) is 17.7 Å². The lowest BCUT2D eigenvalue weighted by Gasteiger charge is -2.07. The first-order chi connectivity index (χ1) is 7.58. The highest BCUT2D eigenvalue weighted by molar-refractivity contribution is 7.99. The average Bonchev–Trinajstić information content (AvgIpc) is 2.20. The molecule has 0 heterocycles. The van der Waals surface area contributed by atoms with Gasteiger partial charge in [0.05, 0.1) is 5.75 Å². The van der Waals surface area contributed by atoms with E-state index in [0.717, 1.165) is 5.75 Å². The molecule has 0 saturated heterocycles. The molecule has 0 fully saturated rings. The van der Waals surface area contributed by atoms with Crippen molar-refractivity contribution in [3.05, 3.63) is 35.4 Å². The van der Waals surface area contributed by atoms with Crippen molar-refractivity contribution >= 4 is 17.7 Å². The van der Waals surface area contributed by atoms with E-state index in [1.54, 1.807) is 11.8 Å². The predicted octanol–water partition coefficient (Wildman–Crippen LogP) is 2.75. The largest absolute Gasteiger partial charge is 0.353 e. The lowest BCUT2D eigenvalue weighted by molar-refractivity contribution is -0.119. The number of carbonyl (C=O) groups excluding carboxylic acids is 1. The van der Waals surface area contributed by atoms with Gasteiger partial charge >= 0.3 is 0 Å². The Balaban J connectivity index is 2.25. The van der Waals surface area contributed by atoms with Crippen LogP contribution in [0.1, 0.15) is 25.0 Å². The minimum atomic E-state index is 0.118. The molecule has 0 aliphatic rings. The Hall–Kier alpha value is -0.960. The normalized spacial score (nSPS) is 10.5. The van der Waals surface area contributed by atoms with Crippen LogP contribution in [0.2, 0.25) is 0 Å². The third-order valence-corrected chi connectivity index (χ3v) is 3.08. The molecule has 0 atom stereocenters. The molecule has 0 radical (unpaired) electrons. The fraction of sp³-hybridized carbons (Fsp3) is 0.462. The molecule has 1 N–H and O–H groups in total. The minimum absolute atomic E-state index is 0.118. The molecule has 3 heteroatoms. The van der Waals surface area contributed by atoms with Crippen LogP contribution in [0.15, 0.2) is 24.3 Å². The third-order valence-electron chi connectivity index (χ3n) is 2.07. The van der Waals surface area contributed by atoms with Gasteiger partial charge in [0.25, 0.3) is 0 Å². The van der Waals surface area contributed by atoms with Crippen LogP contribution >= 0.6 is 11.8 Å². The molecule has 16 heavy (non-hydrogen) atoms. The van der Waals surface area contributed by atoms with E-state index in [4.69, 9.17) is 0 Å². The first kappa shape index (κ1) is 13.1. The highest BCUT2D eigenvalue weighted by Crippen LogP contribution is 2.12. The number of thioether (sulfide) groups is 1. The highest BCUT2D eigenvalue weighted by atomic mass is 32.2. The van der Waals surface area contributed by atoms with E-state index in [2.05, 4.69) is 36.5 Å². The Bertz CT molecular complexity index is 332. The van der Waals surface area contributed by atoms with Crippen LogP contribution in [-0.2, 0) is 10.5 Å². The van der Waals surface area contributed by atoms with Crippen LogP contribution in [0.5, 0.6) is 0 Å². The summed E-state index contributed by atoms with van der Waals surface area (Å²) in [6, 6.07) is 8.66. The molecule has 88 valence electrons. The van der Waals surface area contributed by atoms with Crippen LogP contribution in [0.4, 0.5) is 0 Å². The van der Waals surface area contributed by atoms with Gasteiger partial charge in [-0.15, -0.1) is 11.8 Å². The minimum Gasteiger partial charge on any atom is -0.353 e. The number of hydrogen-bond acceptors (Lipinski definition) is 2. The van der Waals surface area contributed by atoms with E-state index in [0.29, 0.717) is 5.75 Å². The zero-order chi connectivity index (χ0) is 12.0. The van der Waals surface area contributed by atoms with Crippen molar-refractivity contribution in [3.63, 3.8) is 0 Å². The fourth-order valence-corrected chi connectivity index (χ4v) is 2.11. The SMILES string of the molecule is Cc1ccc(CSCC(=O)NC(C)C)cc1. The number of benzene rings is 1. The van der Waals surface area contributed by atoms with E-state index in [1.165, 1.54) is 11.1 Å². The van der Waals surface area contributed by atoms with Crippen LogP contribution in [0.25, 0.3) is 0 Å². The van der Waals surface area contributed by atoms with Crippen molar-refractivity contribution in [2.24, 2.45) is 0 Å². The quantitative estimate of drug-likeness (QED) is 0.853. The van der Waals surface area contributed by atoms with Crippen molar-refractivity contribution < 1.29 is 4.79 Å². The number of rotatable bonds is 5. The van der Waals surface area contributed by atoms with E-state index in [1.807, 2.05) is 13.8 Å². The Morgan fingerprint density at radius 2 is 1.94 bits per heavy atom. The molecule has 0 aliphatic heterocycles. The zero-order valence-corrected chi connectivity index (χ0v) is 10.9. The first-order valence-electron chi connectivity index (χ1n) is 5.50. The lowest BCUT2D eigenvalue weighted by Crippen LogP contribution is -2.31. The van der Waals surface area contributed by atoms with Crippen LogP contribution in [0, 0.1) is 6.92 Å². The number of aryl methyl sites for hydroxylation is 1. The van der Waals surface area contributed by atoms with Gasteiger partial charge in [0.2, 0.25) is 5.91 Å². The summed E-state index contributed by atoms with van der Waals surface area (Å²) < 4.78 is 0. The van der Waals surface area contributed by atoms with E-state index >= 15 is 0 Å². The summed E-state index contributed by atoms with van der Waals surface area (Å²) in [7, 11) is 0. The summed E-state index contributed by atoms with van der Waals surface area (Å²) in [6.07, 6.45) is 0. The molecule has 2 nitrogen and oxygen atoms in total. The predicted molar refractivity (Wildman–Crippen MR) is 70.6 cm³/mol. The average molecular weight is 237 g/mol. The molecule has 0 unspecified atom stereocenters. The van der Waals surface area contributed by atoms with Gasteiger partial charge in [0.1, 0.15) is 0 Å². The van der Waals surface area contributed by atoms with E-state index < -0.39 is 0 Å². The molecule has 0 spiro atoms. The first-order valence-corrected chi connectivity index (χ1v) is 6.66. The Morgan fingerprint density at radius 1 is 1.31 bits per heavy atom. The number of amides is 1. The van der Waals surface area contributed by atoms with Crippen molar-refractivity contribution in [3.8, 4) is 0 Å². The van der Waals surface area contributed by atoms with Gasteiger partial charge in [0.15, 0.2) is 0 Å². The Morgan fingerprint density at radius 3 is 2.50 bits per heavy atom. The van der Waals surface area contributed by atoms with E-state index in [-0.39, 0.29) is 11.9 Å². The molecule has 0 aliphatic carbocycles. The maximum atomic E-state index is 11.4. The molecular weight excluding hydrogens is 218 g/mol. The molecular formula is C13H19NOS. The van der Waals surface area contributed by atoms with Crippen LogP contribution in [0.3, 0.4) is 0 Å². The van der Waals surface area contributed by atoms with Gasteiger partial charge in [-0.1, -0.05) is 29.8 Å². The highest BCUT2D eigenvalue weighted by Gasteiger charge is 2.03. The molecule has 0 saturated carbocycles. The second kappa shape index (κ2) is 6.59. The van der Waals surface area contributed by atoms with Gasteiger partial charge < -0.3 is 5.32 Å². The molecule has 1 aromatic rings. The van der Waals surface area contributed by atoms with Crippen molar-refractivity contribution in [1.82, 2.24) is 5.32 Å². The molecule has 1 rings (SSSR count). The van der Waals surface area contributed by atoms with E-state index in [9.17, 15) is 4.79 Å². The summed E-state index contributed by atoms with van der Waals surface area (Å²) in [5.41, 5.74) is 2.54. The molecule has 0 aromatic heterocycles. The summed E-state index contributed by atoms with van der Waals surface area (Å²) in [5, 5.41) is 2.88. The topological polar surface area (TPSA) is 29.1 Å². The van der Waals surface area contributed by atoms with Gasteiger partial charge in [0, 0.05) is 11.8 Å². The summed E-state index contributed by atoms with van der Waals surface area (Å²) in [4.78, 5) is 11.4. The standard InChI is InChI=1S/C13H19NOS/c1-10(2)14-13(15)9-16-8-12-6-4-11(3)5-7-12/h4-7,10H,8-9H2,1-3H3,(H,14,15). The van der Waals surface area contributed by atoms with Crippen molar-refractivity contribution in [2.45, 2.75) is 32.6 Å². The second-order valence-corrected chi connectivity index (χ2v) is 5.19. The van der Waals surface area contributed by atoms with Crippen LogP contribution < -0.4 is 5.32 Å². The number of carbonyl (C=O) groups is 1. The Labute approximate surface area is 102 Å². The monoisotopic (exact) mass is 237 g/mol. The molecule has 1 amide bonds. The maximum absolute atomic E-state index is 11.4. The van der Waals surface area contributed by atoms with Crippen molar-refractivity contribution in [1.29, 1.82) is 0 Å². The second-order valence-electron chi connectivity index (χ2n) is 4.20. The zero-order valence-electron chi connectivity index (χ0n) is 10.1. The smallest absolute Gasteiger partial charge is 0.230 e. The lowest BCUT2D eigenvalue weighted by atomic mass is 10.2. The fourth-order valence-electron chi connectivity index (χ4n) is 1.31. The summed E-state index contributed by atoms with van der Waals surface area (Å²) in [6.45, 7) is 6.03. The third kappa shape index (κ3) is 5.21.